The van der Waals surface area contributed by atoms with Crippen molar-refractivity contribution in [3.8, 4) is 11.3 Å². The lowest BCUT2D eigenvalue weighted by molar-refractivity contribution is 0.100. The summed E-state index contributed by atoms with van der Waals surface area (Å²) in [5.41, 5.74) is 12.6. The topological polar surface area (TPSA) is 82.0 Å². The first-order valence-corrected chi connectivity index (χ1v) is 4.89. The van der Waals surface area contributed by atoms with Crippen LogP contribution < -0.4 is 11.5 Å². The van der Waals surface area contributed by atoms with Crippen LogP contribution in [0.15, 0.2) is 36.5 Å². The van der Waals surface area contributed by atoms with Crippen LogP contribution in [0.3, 0.4) is 0 Å². The van der Waals surface area contributed by atoms with Crippen molar-refractivity contribution < 1.29 is 9.18 Å². The van der Waals surface area contributed by atoms with Crippen molar-refractivity contribution in [1.82, 2.24) is 4.98 Å². The highest BCUT2D eigenvalue weighted by molar-refractivity contribution is 5.93. The molecule has 0 fully saturated rings. The van der Waals surface area contributed by atoms with Crippen molar-refractivity contribution in [2.24, 2.45) is 5.73 Å². The maximum atomic E-state index is 12.8. The fourth-order valence-corrected chi connectivity index (χ4v) is 1.49. The summed E-state index contributed by atoms with van der Waals surface area (Å²) >= 11 is 0. The molecule has 5 heteroatoms. The van der Waals surface area contributed by atoms with Gasteiger partial charge in [-0.05, 0) is 12.1 Å². The second-order valence-electron chi connectivity index (χ2n) is 3.53. The highest BCUT2D eigenvalue weighted by Crippen LogP contribution is 2.23. The van der Waals surface area contributed by atoms with Crippen LogP contribution in [-0.4, -0.2) is 10.9 Å². The quantitative estimate of drug-likeness (QED) is 0.822. The largest absolute Gasteiger partial charge is 0.397 e. The number of hydrogen-bond donors (Lipinski definition) is 2. The zero-order valence-corrected chi connectivity index (χ0v) is 8.85. The SMILES string of the molecule is NC(=O)c1ccc(-c2ncc(F)cc2N)cc1. The van der Waals surface area contributed by atoms with Gasteiger partial charge in [-0.2, -0.15) is 0 Å². The Hall–Kier alpha value is -2.43. The minimum Gasteiger partial charge on any atom is -0.397 e. The average molecular weight is 231 g/mol. The number of carbonyl (C=O) groups excluding carboxylic acids is 1. The molecule has 0 unspecified atom stereocenters. The molecule has 86 valence electrons. The van der Waals surface area contributed by atoms with Gasteiger partial charge < -0.3 is 11.5 Å². The average Bonchev–Trinajstić information content (AvgIpc) is 2.29. The van der Waals surface area contributed by atoms with Crippen molar-refractivity contribution in [2.75, 3.05) is 5.73 Å². The first kappa shape index (κ1) is 11.1. The molecule has 2 rings (SSSR count). The third-order valence-corrected chi connectivity index (χ3v) is 2.33. The Kier molecular flexibility index (Phi) is 2.74. The standard InChI is InChI=1S/C12H10FN3O/c13-9-5-10(14)11(16-6-9)7-1-3-8(4-2-7)12(15)17/h1-6H,14H2,(H2,15,17). The molecule has 17 heavy (non-hydrogen) atoms. The van der Waals surface area contributed by atoms with Crippen molar-refractivity contribution in [2.45, 2.75) is 0 Å². The smallest absolute Gasteiger partial charge is 0.248 e. The lowest BCUT2D eigenvalue weighted by Crippen LogP contribution is -2.10. The molecule has 1 aromatic heterocycles. The Balaban J connectivity index is 2.43. The molecule has 0 bridgehead atoms. The summed E-state index contributed by atoms with van der Waals surface area (Å²) < 4.78 is 12.8. The molecule has 4 nitrogen and oxygen atoms in total. The Morgan fingerprint density at radius 3 is 2.41 bits per heavy atom. The van der Waals surface area contributed by atoms with Crippen LogP contribution in [0.2, 0.25) is 0 Å². The Morgan fingerprint density at radius 2 is 1.88 bits per heavy atom. The number of nitrogens with zero attached hydrogens (tertiary/aromatic N) is 1. The number of amides is 1. The van der Waals surface area contributed by atoms with Crippen molar-refractivity contribution in [3.63, 3.8) is 0 Å². The summed E-state index contributed by atoms with van der Waals surface area (Å²) in [6.07, 6.45) is 1.09. The molecule has 0 saturated carbocycles. The molecule has 4 N–H and O–H groups in total. The van der Waals surface area contributed by atoms with Crippen LogP contribution in [0.25, 0.3) is 11.3 Å². The van der Waals surface area contributed by atoms with Gasteiger partial charge in [-0.1, -0.05) is 12.1 Å². The molecule has 0 saturated heterocycles. The lowest BCUT2D eigenvalue weighted by atomic mass is 10.1. The highest BCUT2D eigenvalue weighted by atomic mass is 19.1. The van der Waals surface area contributed by atoms with Gasteiger partial charge in [0.05, 0.1) is 17.6 Å². The van der Waals surface area contributed by atoms with Gasteiger partial charge >= 0.3 is 0 Å². The number of carbonyl (C=O) groups is 1. The zero-order valence-electron chi connectivity index (χ0n) is 8.85. The van der Waals surface area contributed by atoms with E-state index in [4.69, 9.17) is 11.5 Å². The van der Waals surface area contributed by atoms with Gasteiger partial charge in [0.1, 0.15) is 5.82 Å². The monoisotopic (exact) mass is 231 g/mol. The van der Waals surface area contributed by atoms with Crippen LogP contribution >= 0.6 is 0 Å². The Morgan fingerprint density at radius 1 is 1.24 bits per heavy atom. The number of aromatic nitrogens is 1. The maximum Gasteiger partial charge on any atom is 0.248 e. The molecular weight excluding hydrogens is 221 g/mol. The minimum atomic E-state index is -0.503. The van der Waals surface area contributed by atoms with E-state index in [0.29, 0.717) is 16.8 Å². The van der Waals surface area contributed by atoms with Crippen molar-refractivity contribution in [1.29, 1.82) is 0 Å². The Bertz CT molecular complexity index is 566. The summed E-state index contributed by atoms with van der Waals surface area (Å²) in [6, 6.07) is 7.67. The fourth-order valence-electron chi connectivity index (χ4n) is 1.49. The second kappa shape index (κ2) is 4.21. The molecule has 1 aromatic carbocycles. The molecule has 0 radical (unpaired) electrons. The first-order chi connectivity index (χ1) is 8.08. The number of anilines is 1. The normalized spacial score (nSPS) is 10.2. The third kappa shape index (κ3) is 2.23. The van der Waals surface area contributed by atoms with Gasteiger partial charge in [-0.3, -0.25) is 9.78 Å². The van der Waals surface area contributed by atoms with Gasteiger partial charge in [0.25, 0.3) is 0 Å². The minimum absolute atomic E-state index is 0.247. The van der Waals surface area contributed by atoms with Crippen LogP contribution in [0.5, 0.6) is 0 Å². The number of rotatable bonds is 2. The number of primary amides is 1. The van der Waals surface area contributed by atoms with Crippen molar-refractivity contribution in [3.05, 3.63) is 47.9 Å². The van der Waals surface area contributed by atoms with E-state index < -0.39 is 11.7 Å². The van der Waals surface area contributed by atoms with E-state index in [9.17, 15) is 9.18 Å². The van der Waals surface area contributed by atoms with Crippen LogP contribution in [0.1, 0.15) is 10.4 Å². The highest BCUT2D eigenvalue weighted by Gasteiger charge is 2.06. The van der Waals surface area contributed by atoms with E-state index in [1.807, 2.05) is 0 Å². The molecule has 0 spiro atoms. The molecule has 0 aliphatic carbocycles. The first-order valence-electron chi connectivity index (χ1n) is 4.89. The van der Waals surface area contributed by atoms with Crippen LogP contribution in [-0.2, 0) is 0 Å². The van der Waals surface area contributed by atoms with E-state index in [0.717, 1.165) is 6.20 Å². The van der Waals surface area contributed by atoms with Crippen molar-refractivity contribution >= 4 is 11.6 Å². The summed E-state index contributed by atoms with van der Waals surface area (Å²) in [7, 11) is 0. The number of hydrogen-bond acceptors (Lipinski definition) is 3. The molecule has 1 heterocycles. The number of benzene rings is 1. The molecule has 0 aliphatic rings. The number of halogens is 1. The lowest BCUT2D eigenvalue weighted by Gasteiger charge is -2.05. The van der Waals surface area contributed by atoms with Gasteiger partial charge in [0, 0.05) is 17.2 Å². The molecular formula is C12H10FN3O. The van der Waals surface area contributed by atoms with E-state index in [1.54, 1.807) is 24.3 Å². The van der Waals surface area contributed by atoms with Gasteiger partial charge in [0.2, 0.25) is 5.91 Å². The van der Waals surface area contributed by atoms with E-state index >= 15 is 0 Å². The molecule has 1 amide bonds. The van der Waals surface area contributed by atoms with Gasteiger partial charge in [-0.15, -0.1) is 0 Å². The number of pyridine rings is 1. The number of nitrogen functional groups attached to an aromatic ring is 1. The molecule has 2 aromatic rings. The summed E-state index contributed by atoms with van der Waals surface area (Å²) in [4.78, 5) is 14.8. The van der Waals surface area contributed by atoms with E-state index in [2.05, 4.69) is 4.98 Å². The number of nitrogens with two attached hydrogens (primary N) is 2. The predicted molar refractivity (Wildman–Crippen MR) is 62.6 cm³/mol. The summed E-state index contributed by atoms with van der Waals surface area (Å²) in [6.45, 7) is 0. The van der Waals surface area contributed by atoms with E-state index in [1.165, 1.54) is 6.07 Å². The maximum absolute atomic E-state index is 12.8. The summed E-state index contributed by atoms with van der Waals surface area (Å²) in [5, 5.41) is 0. The molecule has 0 aliphatic heterocycles. The summed E-state index contributed by atoms with van der Waals surface area (Å²) in [5.74, 6) is -0.989. The third-order valence-electron chi connectivity index (χ3n) is 2.33. The predicted octanol–water partition coefficient (Wildman–Crippen LogP) is 1.57. The second-order valence-corrected chi connectivity index (χ2v) is 3.53. The van der Waals surface area contributed by atoms with Gasteiger partial charge in [0.15, 0.2) is 0 Å². The Labute approximate surface area is 97.1 Å². The zero-order chi connectivity index (χ0) is 12.4. The van der Waals surface area contributed by atoms with E-state index in [-0.39, 0.29) is 5.69 Å². The molecule has 0 atom stereocenters. The fraction of sp³-hybridized carbons (Fsp3) is 0. The van der Waals surface area contributed by atoms with Crippen LogP contribution in [0, 0.1) is 5.82 Å². The van der Waals surface area contributed by atoms with Gasteiger partial charge in [-0.25, -0.2) is 4.39 Å². The van der Waals surface area contributed by atoms with Crippen LogP contribution in [0.4, 0.5) is 10.1 Å².